The van der Waals surface area contributed by atoms with E-state index in [0.717, 1.165) is 0 Å². The number of halogens is 2. The summed E-state index contributed by atoms with van der Waals surface area (Å²) in [5.74, 6) is 0. The van der Waals surface area contributed by atoms with Crippen LogP contribution in [0.3, 0.4) is 0 Å². The number of ether oxygens (including phenoxy) is 2. The maximum Gasteiger partial charge on any atom is 0.145 e. The van der Waals surface area contributed by atoms with Crippen molar-refractivity contribution in [1.82, 2.24) is 20.0 Å². The van der Waals surface area contributed by atoms with Gasteiger partial charge in [0.1, 0.15) is 40.5 Å². The molecule has 12 heteroatoms. The Morgan fingerprint density at radius 2 is 2.20 bits per heavy atom. The molecule has 0 aliphatic carbocycles. The van der Waals surface area contributed by atoms with Gasteiger partial charge < -0.3 is 19.7 Å². The summed E-state index contributed by atoms with van der Waals surface area (Å²) in [5.41, 5.74) is -0.00906. The van der Waals surface area contributed by atoms with Gasteiger partial charge in [-0.25, -0.2) is 9.67 Å². The molecule has 0 unspecified atom stereocenters. The molecule has 30 heavy (non-hydrogen) atoms. The molecule has 0 spiro atoms. The fourth-order valence-corrected chi connectivity index (χ4v) is 5.58. The average Bonchev–Trinajstić information content (AvgIpc) is 3.43. The Morgan fingerprint density at radius 1 is 1.37 bits per heavy atom. The molecule has 2 aromatic heterocycles. The van der Waals surface area contributed by atoms with Crippen LogP contribution >= 0.6 is 46.3 Å². The normalized spacial score (nSPS) is 26.8. The monoisotopic (exact) mass is 488 g/mol. The van der Waals surface area contributed by atoms with Gasteiger partial charge in [0.05, 0.1) is 17.8 Å². The Hall–Kier alpha value is -1.24. The third-order valence-electron chi connectivity index (χ3n) is 4.70. The molecule has 0 radical (unpaired) electrons. The minimum atomic E-state index is -1.07. The second kappa shape index (κ2) is 9.49. The predicted octanol–water partition coefficient (Wildman–Crippen LogP) is 3.13. The van der Waals surface area contributed by atoms with Crippen LogP contribution in [0.25, 0.3) is 10.7 Å². The first kappa shape index (κ1) is 22.0. The van der Waals surface area contributed by atoms with Crippen molar-refractivity contribution in [3.05, 3.63) is 46.0 Å². The van der Waals surface area contributed by atoms with Crippen molar-refractivity contribution in [2.75, 3.05) is 13.7 Å². The molecule has 1 aliphatic rings. The molecule has 3 aromatic rings. The molecule has 1 saturated heterocycles. The number of hydrogen-bond donors (Lipinski definition) is 2. The number of thiazole rings is 1. The molecule has 160 valence electrons. The van der Waals surface area contributed by atoms with Gasteiger partial charge in [-0.2, -0.15) is 0 Å². The highest BCUT2D eigenvalue weighted by Gasteiger charge is 2.47. The first-order valence-electron chi connectivity index (χ1n) is 8.92. The van der Waals surface area contributed by atoms with Gasteiger partial charge in [0, 0.05) is 28.6 Å². The summed E-state index contributed by atoms with van der Waals surface area (Å²) < 4.78 is 13.2. The third kappa shape index (κ3) is 4.37. The van der Waals surface area contributed by atoms with Crippen LogP contribution in [0.15, 0.2) is 40.9 Å². The number of aliphatic hydroxyl groups excluding tert-OH is 2. The second-order valence-electron chi connectivity index (χ2n) is 6.52. The van der Waals surface area contributed by atoms with Crippen molar-refractivity contribution < 1.29 is 19.7 Å². The maximum atomic E-state index is 10.9. The van der Waals surface area contributed by atoms with Gasteiger partial charge >= 0.3 is 0 Å². The Labute approximate surface area is 190 Å². The topological polar surface area (TPSA) is 103 Å². The van der Waals surface area contributed by atoms with Gasteiger partial charge in [-0.05, 0) is 18.2 Å². The van der Waals surface area contributed by atoms with E-state index in [1.807, 2.05) is 5.38 Å². The molecular formula is C18H18Cl2N4O4S2. The van der Waals surface area contributed by atoms with E-state index in [4.69, 9.17) is 32.7 Å². The van der Waals surface area contributed by atoms with Gasteiger partial charge in [0.25, 0.3) is 0 Å². The molecule has 3 heterocycles. The lowest BCUT2D eigenvalue weighted by atomic mass is 9.97. The van der Waals surface area contributed by atoms with E-state index in [1.54, 1.807) is 30.6 Å². The van der Waals surface area contributed by atoms with Crippen molar-refractivity contribution in [3.63, 3.8) is 0 Å². The van der Waals surface area contributed by atoms with Crippen LogP contribution < -0.4 is 0 Å². The number of aromatic nitrogens is 4. The molecule has 1 fully saturated rings. The van der Waals surface area contributed by atoms with E-state index in [0.29, 0.717) is 25.6 Å². The van der Waals surface area contributed by atoms with Gasteiger partial charge in [-0.15, -0.1) is 16.4 Å². The van der Waals surface area contributed by atoms with Crippen molar-refractivity contribution in [2.45, 2.75) is 34.7 Å². The van der Waals surface area contributed by atoms with E-state index in [9.17, 15) is 10.2 Å². The summed E-state index contributed by atoms with van der Waals surface area (Å²) in [5, 5.41) is 32.6. The Balaban J connectivity index is 1.66. The Morgan fingerprint density at radius 3 is 2.90 bits per heavy atom. The summed E-state index contributed by atoms with van der Waals surface area (Å²) in [6.45, 7) is -0.373. The van der Waals surface area contributed by atoms with E-state index >= 15 is 0 Å². The SMILES string of the molecule is CO[C@@H]1[C@@H](n2cc(-c3nccs3)nn2)[C@@H](O)[C@@H](CO)O[C@@H]1Sc1cc(Cl)ccc1Cl. The molecule has 4 rings (SSSR count). The van der Waals surface area contributed by atoms with E-state index in [2.05, 4.69) is 15.3 Å². The number of aliphatic hydroxyl groups is 2. The van der Waals surface area contributed by atoms with E-state index < -0.39 is 29.8 Å². The summed E-state index contributed by atoms with van der Waals surface area (Å²) in [4.78, 5) is 4.94. The van der Waals surface area contributed by atoms with Crippen LogP contribution in [-0.4, -0.2) is 67.7 Å². The fourth-order valence-electron chi connectivity index (χ4n) is 3.27. The zero-order chi connectivity index (χ0) is 21.3. The predicted molar refractivity (Wildman–Crippen MR) is 115 cm³/mol. The number of benzene rings is 1. The minimum absolute atomic E-state index is 0.373. The van der Waals surface area contributed by atoms with Crippen LogP contribution in [0, 0.1) is 0 Å². The number of methoxy groups -OCH3 is 1. The highest BCUT2D eigenvalue weighted by molar-refractivity contribution is 8.00. The summed E-state index contributed by atoms with van der Waals surface area (Å²) in [6, 6.07) is 4.47. The Bertz CT molecular complexity index is 990. The van der Waals surface area contributed by atoms with Gasteiger partial charge in [-0.1, -0.05) is 40.2 Å². The Kier molecular flexibility index (Phi) is 6.95. The average molecular weight is 489 g/mol. The number of rotatable bonds is 6. The van der Waals surface area contributed by atoms with Crippen LogP contribution in [0.4, 0.5) is 0 Å². The number of hydrogen-bond acceptors (Lipinski definition) is 9. The first-order valence-corrected chi connectivity index (χ1v) is 11.4. The highest BCUT2D eigenvalue weighted by Crippen LogP contribution is 2.42. The van der Waals surface area contributed by atoms with Crippen LogP contribution in [0.5, 0.6) is 0 Å². The summed E-state index contributed by atoms with van der Waals surface area (Å²) in [7, 11) is 1.53. The van der Waals surface area contributed by atoms with Gasteiger partial charge in [0.15, 0.2) is 0 Å². The molecule has 0 saturated carbocycles. The molecule has 5 atom stereocenters. The van der Waals surface area contributed by atoms with Crippen LogP contribution in [0.2, 0.25) is 10.0 Å². The fraction of sp³-hybridized carbons (Fsp3) is 0.389. The lowest BCUT2D eigenvalue weighted by Crippen LogP contribution is -2.55. The van der Waals surface area contributed by atoms with Crippen molar-refractivity contribution in [2.24, 2.45) is 0 Å². The molecule has 8 nitrogen and oxygen atoms in total. The molecule has 1 aromatic carbocycles. The maximum absolute atomic E-state index is 10.9. The lowest BCUT2D eigenvalue weighted by molar-refractivity contribution is -0.186. The summed E-state index contributed by atoms with van der Waals surface area (Å²) >= 11 is 15.2. The lowest BCUT2D eigenvalue weighted by Gasteiger charge is -2.43. The first-order chi connectivity index (χ1) is 14.5. The second-order valence-corrected chi connectivity index (χ2v) is 9.40. The van der Waals surface area contributed by atoms with E-state index in [-0.39, 0.29) is 6.61 Å². The quantitative estimate of drug-likeness (QED) is 0.545. The van der Waals surface area contributed by atoms with E-state index in [1.165, 1.54) is 34.9 Å². The molecule has 1 aliphatic heterocycles. The van der Waals surface area contributed by atoms with Crippen molar-refractivity contribution >= 4 is 46.3 Å². The van der Waals surface area contributed by atoms with Crippen LogP contribution in [0.1, 0.15) is 6.04 Å². The summed E-state index contributed by atoms with van der Waals surface area (Å²) in [6.07, 6.45) is 0.853. The molecule has 0 bridgehead atoms. The van der Waals surface area contributed by atoms with Crippen molar-refractivity contribution in [3.8, 4) is 10.7 Å². The van der Waals surface area contributed by atoms with Crippen molar-refractivity contribution in [1.29, 1.82) is 0 Å². The zero-order valence-electron chi connectivity index (χ0n) is 15.6. The standard InChI is InChI=1S/C18H18Cl2N4O4S2/c1-27-16-14(24-7-11(22-23-24)17-21-4-5-29-17)15(26)12(8-25)28-18(16)30-13-6-9(19)2-3-10(13)20/h2-7,12,14-16,18,25-26H,8H2,1H3/t12-,14+,15+,16-,18-/m1/s1. The highest BCUT2D eigenvalue weighted by atomic mass is 35.5. The third-order valence-corrected chi connectivity index (χ3v) is 7.38. The smallest absolute Gasteiger partial charge is 0.145 e. The van der Waals surface area contributed by atoms with Gasteiger partial charge in [0.2, 0.25) is 0 Å². The molecule has 0 amide bonds. The number of nitrogens with zero attached hydrogens (tertiary/aromatic N) is 4. The number of thioether (sulfide) groups is 1. The molecular weight excluding hydrogens is 471 g/mol. The minimum Gasteiger partial charge on any atom is -0.394 e. The largest absolute Gasteiger partial charge is 0.394 e. The molecule has 2 N–H and O–H groups in total. The zero-order valence-corrected chi connectivity index (χ0v) is 18.8. The van der Waals surface area contributed by atoms with Crippen LogP contribution in [-0.2, 0) is 9.47 Å². The van der Waals surface area contributed by atoms with Gasteiger partial charge in [-0.3, -0.25) is 0 Å².